The summed E-state index contributed by atoms with van der Waals surface area (Å²) in [7, 11) is 0. The van der Waals surface area contributed by atoms with Crippen molar-refractivity contribution in [1.29, 1.82) is 0 Å². The highest BCUT2D eigenvalue weighted by Gasteiger charge is 2.30. The number of benzene rings is 2. The number of carbonyl (C=O) groups is 2. The first-order chi connectivity index (χ1) is 11.7. The number of nitrogens with zero attached hydrogens (tertiary/aromatic N) is 1. The van der Waals surface area contributed by atoms with Gasteiger partial charge in [0.15, 0.2) is 0 Å². The highest BCUT2D eigenvalue weighted by molar-refractivity contribution is 5.95. The fraction of sp³-hybridized carbons (Fsp3) is 0.263. The van der Waals surface area contributed by atoms with Crippen molar-refractivity contribution in [2.24, 2.45) is 5.92 Å². The maximum absolute atomic E-state index is 12.1. The van der Waals surface area contributed by atoms with Crippen LogP contribution in [0.15, 0.2) is 60.7 Å². The van der Waals surface area contributed by atoms with Crippen molar-refractivity contribution in [3.05, 3.63) is 66.2 Å². The van der Waals surface area contributed by atoms with Crippen LogP contribution in [-0.4, -0.2) is 25.0 Å². The van der Waals surface area contributed by atoms with Gasteiger partial charge in [0.2, 0.25) is 5.91 Å². The van der Waals surface area contributed by atoms with Crippen LogP contribution in [0.4, 0.5) is 10.5 Å². The van der Waals surface area contributed by atoms with Gasteiger partial charge in [-0.05, 0) is 17.7 Å². The Morgan fingerprint density at radius 3 is 2.38 bits per heavy atom. The molecule has 1 fully saturated rings. The molecule has 1 aliphatic rings. The summed E-state index contributed by atoms with van der Waals surface area (Å²) in [4.78, 5) is 25.8. The second-order valence-electron chi connectivity index (χ2n) is 5.96. The van der Waals surface area contributed by atoms with Gasteiger partial charge in [0.05, 0.1) is 0 Å². The number of urea groups is 1. The Morgan fingerprint density at radius 2 is 1.67 bits per heavy atom. The lowest BCUT2D eigenvalue weighted by Crippen LogP contribution is -2.38. The highest BCUT2D eigenvalue weighted by atomic mass is 16.2. The van der Waals surface area contributed by atoms with Gasteiger partial charge in [-0.1, -0.05) is 48.5 Å². The van der Waals surface area contributed by atoms with E-state index in [1.54, 1.807) is 4.90 Å². The molecule has 0 unspecified atom stereocenters. The molecule has 0 aromatic heterocycles. The van der Waals surface area contributed by atoms with Crippen molar-refractivity contribution in [2.45, 2.75) is 13.0 Å². The fourth-order valence-electron chi connectivity index (χ4n) is 2.85. The molecule has 0 radical (unpaired) electrons. The Labute approximate surface area is 141 Å². The molecular formula is C19H21N3O2. The minimum absolute atomic E-state index is 0.109. The number of nitrogens with one attached hydrogen (secondary N) is 2. The van der Waals surface area contributed by atoms with E-state index in [1.807, 2.05) is 60.7 Å². The van der Waals surface area contributed by atoms with Crippen molar-refractivity contribution in [1.82, 2.24) is 10.6 Å². The molecule has 5 nitrogen and oxygen atoms in total. The number of hydrogen-bond donors (Lipinski definition) is 2. The van der Waals surface area contributed by atoms with Gasteiger partial charge < -0.3 is 15.5 Å². The van der Waals surface area contributed by atoms with E-state index in [4.69, 9.17) is 0 Å². The zero-order chi connectivity index (χ0) is 16.8. The minimum Gasteiger partial charge on any atom is -0.338 e. The first-order valence-corrected chi connectivity index (χ1v) is 8.13. The molecule has 3 rings (SSSR count). The van der Waals surface area contributed by atoms with Crippen molar-refractivity contribution in [3.8, 4) is 0 Å². The number of carbonyl (C=O) groups excluding carboxylic acids is 2. The smallest absolute Gasteiger partial charge is 0.315 e. The average molecular weight is 323 g/mol. The van der Waals surface area contributed by atoms with Crippen LogP contribution in [0.5, 0.6) is 0 Å². The third kappa shape index (κ3) is 4.13. The zero-order valence-corrected chi connectivity index (χ0v) is 13.4. The van der Waals surface area contributed by atoms with Crippen LogP contribution in [0, 0.1) is 5.92 Å². The van der Waals surface area contributed by atoms with Crippen LogP contribution in [0.1, 0.15) is 12.0 Å². The first-order valence-electron chi connectivity index (χ1n) is 8.13. The Bertz CT molecular complexity index is 688. The summed E-state index contributed by atoms with van der Waals surface area (Å²) in [6, 6.07) is 19.2. The summed E-state index contributed by atoms with van der Waals surface area (Å²) in [5.41, 5.74) is 1.97. The summed E-state index contributed by atoms with van der Waals surface area (Å²) in [6.45, 7) is 1.63. The average Bonchev–Trinajstić information content (AvgIpc) is 3.00. The van der Waals surface area contributed by atoms with Crippen LogP contribution in [0.25, 0.3) is 0 Å². The van der Waals surface area contributed by atoms with Crippen molar-refractivity contribution < 1.29 is 9.59 Å². The number of hydrogen-bond acceptors (Lipinski definition) is 2. The molecule has 1 atom stereocenters. The molecule has 2 aromatic carbocycles. The highest BCUT2D eigenvalue weighted by Crippen LogP contribution is 2.24. The summed E-state index contributed by atoms with van der Waals surface area (Å²) >= 11 is 0. The topological polar surface area (TPSA) is 61.4 Å². The number of para-hydroxylation sites is 1. The summed E-state index contributed by atoms with van der Waals surface area (Å²) < 4.78 is 0. The van der Waals surface area contributed by atoms with E-state index in [2.05, 4.69) is 10.6 Å². The van der Waals surface area contributed by atoms with Crippen LogP contribution < -0.4 is 15.5 Å². The number of anilines is 1. The van der Waals surface area contributed by atoms with Gasteiger partial charge in [-0.25, -0.2) is 4.79 Å². The summed E-state index contributed by atoms with van der Waals surface area (Å²) in [5.74, 6) is 0.248. The van der Waals surface area contributed by atoms with E-state index in [9.17, 15) is 9.59 Å². The van der Waals surface area contributed by atoms with Gasteiger partial charge >= 0.3 is 6.03 Å². The van der Waals surface area contributed by atoms with E-state index in [1.165, 1.54) is 0 Å². The summed E-state index contributed by atoms with van der Waals surface area (Å²) in [5, 5.41) is 5.69. The number of amides is 3. The van der Waals surface area contributed by atoms with E-state index < -0.39 is 0 Å². The molecule has 0 spiro atoms. The predicted molar refractivity (Wildman–Crippen MR) is 93.6 cm³/mol. The second kappa shape index (κ2) is 7.64. The lowest BCUT2D eigenvalue weighted by atomic mass is 10.1. The largest absolute Gasteiger partial charge is 0.338 e. The molecule has 124 valence electrons. The molecule has 3 amide bonds. The van der Waals surface area contributed by atoms with Crippen LogP contribution in [0.3, 0.4) is 0 Å². The second-order valence-corrected chi connectivity index (χ2v) is 5.96. The molecule has 0 saturated carbocycles. The van der Waals surface area contributed by atoms with Gasteiger partial charge in [-0.3, -0.25) is 4.79 Å². The summed E-state index contributed by atoms with van der Waals surface area (Å²) in [6.07, 6.45) is 0.466. The quantitative estimate of drug-likeness (QED) is 0.888. The van der Waals surface area contributed by atoms with Crippen molar-refractivity contribution >= 4 is 17.6 Å². The van der Waals surface area contributed by atoms with Gasteiger partial charge in [-0.2, -0.15) is 0 Å². The molecule has 1 heterocycles. The zero-order valence-electron chi connectivity index (χ0n) is 13.4. The predicted octanol–water partition coefficient (Wildman–Crippen LogP) is 2.54. The maximum Gasteiger partial charge on any atom is 0.315 e. The fourth-order valence-corrected chi connectivity index (χ4v) is 2.85. The molecule has 5 heteroatoms. The van der Waals surface area contributed by atoms with E-state index in [-0.39, 0.29) is 17.9 Å². The third-order valence-electron chi connectivity index (χ3n) is 4.12. The van der Waals surface area contributed by atoms with Gasteiger partial charge in [0.25, 0.3) is 0 Å². The van der Waals surface area contributed by atoms with Gasteiger partial charge in [-0.15, -0.1) is 0 Å². The lowest BCUT2D eigenvalue weighted by molar-refractivity contribution is -0.117. The van der Waals surface area contributed by atoms with Crippen LogP contribution >= 0.6 is 0 Å². The van der Waals surface area contributed by atoms with Crippen LogP contribution in [-0.2, 0) is 11.3 Å². The maximum atomic E-state index is 12.1. The van der Waals surface area contributed by atoms with E-state index >= 15 is 0 Å². The molecule has 0 bridgehead atoms. The Balaban J connectivity index is 1.44. The Kier molecular flexibility index (Phi) is 5.11. The molecule has 1 saturated heterocycles. The standard InChI is InChI=1S/C19H21N3O2/c23-18-11-16(14-22(18)17-9-5-2-6-10-17)13-21-19(24)20-12-15-7-3-1-4-8-15/h1-10,16H,11-14H2,(H2,20,21,24)/t16-/m0/s1. The molecular weight excluding hydrogens is 302 g/mol. The SMILES string of the molecule is O=C(NCc1ccccc1)NC[C@@H]1CC(=O)N(c2ccccc2)C1. The molecule has 0 aliphatic carbocycles. The molecule has 2 N–H and O–H groups in total. The lowest BCUT2D eigenvalue weighted by Gasteiger charge is -2.17. The van der Waals surface area contributed by atoms with E-state index in [0.717, 1.165) is 11.3 Å². The Hall–Kier alpha value is -2.82. The van der Waals surface area contributed by atoms with Gasteiger partial charge in [0.1, 0.15) is 0 Å². The minimum atomic E-state index is -0.204. The molecule has 24 heavy (non-hydrogen) atoms. The first kappa shape index (κ1) is 16.1. The normalized spacial score (nSPS) is 16.9. The Morgan fingerprint density at radius 1 is 1.00 bits per heavy atom. The molecule has 2 aromatic rings. The van der Waals surface area contributed by atoms with Crippen molar-refractivity contribution in [3.63, 3.8) is 0 Å². The van der Waals surface area contributed by atoms with E-state index in [0.29, 0.717) is 26.1 Å². The monoisotopic (exact) mass is 323 g/mol. The third-order valence-corrected chi connectivity index (χ3v) is 4.12. The van der Waals surface area contributed by atoms with Gasteiger partial charge in [0, 0.05) is 37.7 Å². The van der Waals surface area contributed by atoms with Crippen molar-refractivity contribution in [2.75, 3.05) is 18.0 Å². The molecule has 1 aliphatic heterocycles. The van der Waals surface area contributed by atoms with Crippen LogP contribution in [0.2, 0.25) is 0 Å². The number of rotatable bonds is 5.